The van der Waals surface area contributed by atoms with Gasteiger partial charge >= 0.3 is 5.97 Å². The number of carboxylic acid groups (broad SMARTS) is 1. The van der Waals surface area contributed by atoms with Crippen molar-refractivity contribution in [3.63, 3.8) is 0 Å². The molecule has 1 N–H and O–H groups in total. The number of hydrogen-bond donors (Lipinski definition) is 1. The van der Waals surface area contributed by atoms with Crippen molar-refractivity contribution >= 4 is 33.7 Å². The van der Waals surface area contributed by atoms with E-state index in [0.29, 0.717) is 5.16 Å². The predicted octanol–water partition coefficient (Wildman–Crippen LogP) is 2.76. The summed E-state index contributed by atoms with van der Waals surface area (Å²) in [6.45, 7) is 0. The van der Waals surface area contributed by atoms with E-state index in [4.69, 9.17) is 5.11 Å². The maximum Gasteiger partial charge on any atom is 0.336 e. The van der Waals surface area contributed by atoms with E-state index < -0.39 is 11.8 Å². The van der Waals surface area contributed by atoms with Gasteiger partial charge in [-0.25, -0.2) is 13.9 Å². The molecule has 2 aromatic rings. The second-order valence-electron chi connectivity index (χ2n) is 4.28. The molecule has 9 heteroatoms. The molecule has 0 atom stereocenters. The highest BCUT2D eigenvalue weighted by atomic mass is 79.9. The van der Waals surface area contributed by atoms with E-state index in [-0.39, 0.29) is 21.0 Å². The normalized spacial score (nSPS) is 14.5. The molecule has 0 radical (unpaired) electrons. The lowest BCUT2D eigenvalue weighted by atomic mass is 10.2. The van der Waals surface area contributed by atoms with Gasteiger partial charge in [0.25, 0.3) is 0 Å². The van der Waals surface area contributed by atoms with Crippen LogP contribution in [0.3, 0.4) is 0 Å². The van der Waals surface area contributed by atoms with E-state index in [1.54, 1.807) is 4.68 Å². The van der Waals surface area contributed by atoms with Crippen LogP contribution < -0.4 is 0 Å². The van der Waals surface area contributed by atoms with Gasteiger partial charge in [-0.05, 0) is 63.1 Å². The molecule has 20 heavy (non-hydrogen) atoms. The van der Waals surface area contributed by atoms with Gasteiger partial charge in [0.1, 0.15) is 0 Å². The fraction of sp³-hybridized carbons (Fsp3) is 0.273. The molecule has 0 saturated heterocycles. The summed E-state index contributed by atoms with van der Waals surface area (Å²) < 4.78 is 15.8. The van der Waals surface area contributed by atoms with E-state index >= 15 is 0 Å². The van der Waals surface area contributed by atoms with E-state index in [0.717, 1.165) is 24.6 Å². The Labute approximate surface area is 125 Å². The molecule has 0 spiro atoms. The van der Waals surface area contributed by atoms with Crippen molar-refractivity contribution in [2.45, 2.75) is 28.9 Å². The van der Waals surface area contributed by atoms with Gasteiger partial charge < -0.3 is 5.11 Å². The molecule has 1 aromatic carbocycles. The summed E-state index contributed by atoms with van der Waals surface area (Å²) in [6.07, 6.45) is 2.03. The molecule has 0 bridgehead atoms. The summed E-state index contributed by atoms with van der Waals surface area (Å²) >= 11 is 4.05. The molecule has 1 aliphatic carbocycles. The number of benzene rings is 1. The third-order valence-electron chi connectivity index (χ3n) is 2.83. The van der Waals surface area contributed by atoms with Gasteiger partial charge in [0, 0.05) is 0 Å². The second-order valence-corrected chi connectivity index (χ2v) is 6.09. The molecular formula is C11H8BrFN4O2S. The van der Waals surface area contributed by atoms with Gasteiger partial charge in [-0.15, -0.1) is 5.10 Å². The SMILES string of the molecule is O=C(O)c1ccc(Sc2nnnn2C2CC2)c(F)c1Br. The molecule has 0 unspecified atom stereocenters. The minimum Gasteiger partial charge on any atom is -0.478 e. The highest BCUT2D eigenvalue weighted by Crippen LogP contribution is 2.39. The molecule has 0 aliphatic heterocycles. The lowest BCUT2D eigenvalue weighted by molar-refractivity contribution is 0.0695. The third-order valence-corrected chi connectivity index (χ3v) is 4.60. The molecule has 1 saturated carbocycles. The molecule has 0 amide bonds. The van der Waals surface area contributed by atoms with E-state index in [2.05, 4.69) is 31.5 Å². The Bertz CT molecular complexity index is 689. The number of carbonyl (C=O) groups is 1. The van der Waals surface area contributed by atoms with E-state index in [9.17, 15) is 9.18 Å². The minimum atomic E-state index is -1.19. The topological polar surface area (TPSA) is 80.9 Å². The quantitative estimate of drug-likeness (QED) is 0.904. The first-order chi connectivity index (χ1) is 9.58. The van der Waals surface area contributed by atoms with Crippen LogP contribution in [0.1, 0.15) is 29.2 Å². The van der Waals surface area contributed by atoms with Gasteiger partial charge in [-0.3, -0.25) is 0 Å². The van der Waals surface area contributed by atoms with Gasteiger partial charge in [0.05, 0.1) is 21.0 Å². The highest BCUT2D eigenvalue weighted by Gasteiger charge is 2.28. The van der Waals surface area contributed by atoms with Gasteiger partial charge in [0.2, 0.25) is 5.16 Å². The number of nitrogens with zero attached hydrogens (tertiary/aromatic N) is 4. The Morgan fingerprint density at radius 1 is 1.50 bits per heavy atom. The molecule has 1 aromatic heterocycles. The molecule has 6 nitrogen and oxygen atoms in total. The van der Waals surface area contributed by atoms with Crippen molar-refractivity contribution in [2.24, 2.45) is 0 Å². The van der Waals surface area contributed by atoms with Crippen LogP contribution in [0.25, 0.3) is 0 Å². The van der Waals surface area contributed by atoms with Crippen molar-refractivity contribution in [3.05, 3.63) is 28.0 Å². The molecule has 3 rings (SSSR count). The largest absolute Gasteiger partial charge is 0.478 e. The first-order valence-electron chi connectivity index (χ1n) is 5.75. The maximum absolute atomic E-state index is 14.2. The molecule has 1 aliphatic rings. The van der Waals surface area contributed by atoms with Crippen LogP contribution in [0.15, 0.2) is 26.7 Å². The number of tetrazole rings is 1. The maximum atomic E-state index is 14.2. The fourth-order valence-electron chi connectivity index (χ4n) is 1.68. The van der Waals surface area contributed by atoms with Crippen molar-refractivity contribution in [3.8, 4) is 0 Å². The summed E-state index contributed by atoms with van der Waals surface area (Å²) in [6, 6.07) is 3.06. The zero-order valence-corrected chi connectivity index (χ0v) is 12.4. The molecule has 1 fully saturated rings. The molecule has 1 heterocycles. The van der Waals surface area contributed by atoms with Crippen LogP contribution in [0, 0.1) is 5.82 Å². The highest BCUT2D eigenvalue weighted by molar-refractivity contribution is 9.10. The fourth-order valence-corrected chi connectivity index (χ4v) is 3.20. The molecule has 104 valence electrons. The standard InChI is InChI=1S/C11H8BrFN4O2S/c12-8-6(10(18)19)3-4-7(9(8)13)20-11-14-15-16-17(11)5-1-2-5/h3-5H,1-2H2,(H,18,19). The van der Waals surface area contributed by atoms with Gasteiger partial charge in [0.15, 0.2) is 5.82 Å². The van der Waals surface area contributed by atoms with Crippen LogP contribution >= 0.6 is 27.7 Å². The molecular weight excluding hydrogens is 351 g/mol. The van der Waals surface area contributed by atoms with Crippen LogP contribution in [-0.4, -0.2) is 31.3 Å². The monoisotopic (exact) mass is 358 g/mol. The van der Waals surface area contributed by atoms with Crippen LogP contribution in [0.2, 0.25) is 0 Å². The number of rotatable bonds is 4. The first kappa shape index (κ1) is 13.5. The van der Waals surface area contributed by atoms with Crippen LogP contribution in [0.5, 0.6) is 0 Å². The Hall–Kier alpha value is -1.48. The number of carboxylic acids is 1. The van der Waals surface area contributed by atoms with E-state index in [1.165, 1.54) is 12.1 Å². The zero-order chi connectivity index (χ0) is 14.3. The number of halogens is 2. The lowest BCUT2D eigenvalue weighted by Crippen LogP contribution is -2.01. The van der Waals surface area contributed by atoms with Crippen LogP contribution in [-0.2, 0) is 0 Å². The van der Waals surface area contributed by atoms with Crippen molar-refractivity contribution in [1.82, 2.24) is 20.2 Å². The number of hydrogen-bond acceptors (Lipinski definition) is 5. The average Bonchev–Trinajstić information content (AvgIpc) is 3.15. The van der Waals surface area contributed by atoms with Crippen molar-refractivity contribution in [1.29, 1.82) is 0 Å². The average molecular weight is 359 g/mol. The summed E-state index contributed by atoms with van der Waals surface area (Å²) in [4.78, 5) is 11.2. The Morgan fingerprint density at radius 2 is 2.25 bits per heavy atom. The Balaban J connectivity index is 1.93. The smallest absolute Gasteiger partial charge is 0.336 e. The predicted molar refractivity (Wildman–Crippen MR) is 71.3 cm³/mol. The summed E-state index contributed by atoms with van der Waals surface area (Å²) in [5.74, 6) is -1.81. The van der Waals surface area contributed by atoms with Gasteiger partial charge in [-0.1, -0.05) is 0 Å². The van der Waals surface area contributed by atoms with Crippen molar-refractivity contribution in [2.75, 3.05) is 0 Å². The lowest BCUT2D eigenvalue weighted by Gasteiger charge is -2.06. The van der Waals surface area contributed by atoms with Crippen molar-refractivity contribution < 1.29 is 14.3 Å². The van der Waals surface area contributed by atoms with E-state index in [1.807, 2.05) is 0 Å². The number of aromatic carboxylic acids is 1. The third kappa shape index (κ3) is 2.42. The Kier molecular flexibility index (Phi) is 3.47. The second kappa shape index (κ2) is 5.13. The number of aromatic nitrogens is 4. The minimum absolute atomic E-state index is 0.0690. The first-order valence-corrected chi connectivity index (χ1v) is 7.36. The zero-order valence-electron chi connectivity index (χ0n) is 9.95. The van der Waals surface area contributed by atoms with Crippen LogP contribution in [0.4, 0.5) is 4.39 Å². The Morgan fingerprint density at radius 3 is 2.90 bits per heavy atom. The van der Waals surface area contributed by atoms with Gasteiger partial charge in [-0.2, -0.15) is 0 Å². The summed E-state index contributed by atoms with van der Waals surface area (Å²) in [5, 5.41) is 20.8. The summed E-state index contributed by atoms with van der Waals surface area (Å²) in [7, 11) is 0. The summed E-state index contributed by atoms with van der Waals surface area (Å²) in [5.41, 5.74) is -0.117.